The first-order chi connectivity index (χ1) is 9.56. The Bertz CT molecular complexity index is 613. The maximum absolute atomic E-state index is 6.59. The second-order valence-corrected chi connectivity index (χ2v) is 5.77. The molecule has 1 atom stereocenters. The van der Waals surface area contributed by atoms with E-state index < -0.39 is 0 Å². The molecule has 0 fully saturated rings. The van der Waals surface area contributed by atoms with Gasteiger partial charge in [-0.15, -0.1) is 11.6 Å². The van der Waals surface area contributed by atoms with Crippen LogP contribution in [0.3, 0.4) is 0 Å². The molecule has 4 heteroatoms. The molecule has 0 amide bonds. The van der Waals surface area contributed by atoms with Crippen LogP contribution in [0, 0.1) is 6.92 Å². The Morgan fingerprint density at radius 3 is 2.40 bits per heavy atom. The van der Waals surface area contributed by atoms with Crippen molar-refractivity contribution in [2.45, 2.75) is 12.3 Å². The van der Waals surface area contributed by atoms with Crippen LogP contribution in [0.1, 0.15) is 22.1 Å². The smallest absolute Gasteiger partial charge is 0.127 e. The number of ether oxygens (including phenoxy) is 2. The van der Waals surface area contributed by atoms with Gasteiger partial charge in [0.05, 0.1) is 19.6 Å². The SMILES string of the molecule is COc1ccc(C(Cl)c2ccc(C)c(Br)c2)c(OC)c1. The third-order valence-electron chi connectivity index (χ3n) is 3.20. The normalized spacial score (nSPS) is 12.1. The molecular weight excluding hydrogens is 340 g/mol. The van der Waals surface area contributed by atoms with Gasteiger partial charge in [0.15, 0.2) is 0 Å². The number of aryl methyl sites for hydroxylation is 1. The first kappa shape index (κ1) is 15.2. The second-order valence-electron chi connectivity index (χ2n) is 4.48. The summed E-state index contributed by atoms with van der Waals surface area (Å²) in [6.07, 6.45) is 0. The van der Waals surface area contributed by atoms with E-state index in [1.54, 1.807) is 14.2 Å². The van der Waals surface area contributed by atoms with E-state index in [1.807, 2.05) is 43.3 Å². The number of rotatable bonds is 4. The summed E-state index contributed by atoms with van der Waals surface area (Å²) >= 11 is 10.1. The van der Waals surface area contributed by atoms with Gasteiger partial charge in [-0.05, 0) is 36.2 Å². The zero-order chi connectivity index (χ0) is 14.7. The molecular formula is C16H16BrClO2. The predicted octanol–water partition coefficient (Wildman–Crippen LogP) is 5.10. The highest BCUT2D eigenvalue weighted by Gasteiger charge is 2.17. The molecule has 0 spiro atoms. The van der Waals surface area contributed by atoms with Gasteiger partial charge in [0, 0.05) is 16.1 Å². The maximum Gasteiger partial charge on any atom is 0.127 e. The molecule has 2 nitrogen and oxygen atoms in total. The molecule has 0 saturated heterocycles. The van der Waals surface area contributed by atoms with Gasteiger partial charge in [-0.25, -0.2) is 0 Å². The van der Waals surface area contributed by atoms with E-state index in [2.05, 4.69) is 15.9 Å². The van der Waals surface area contributed by atoms with Crippen LogP contribution in [0.5, 0.6) is 11.5 Å². The molecule has 2 aromatic carbocycles. The molecule has 0 aliphatic rings. The predicted molar refractivity (Wildman–Crippen MR) is 86.1 cm³/mol. The third-order valence-corrected chi connectivity index (χ3v) is 4.54. The van der Waals surface area contributed by atoms with Crippen molar-refractivity contribution in [3.8, 4) is 11.5 Å². The van der Waals surface area contributed by atoms with Crippen molar-refractivity contribution in [3.63, 3.8) is 0 Å². The Morgan fingerprint density at radius 2 is 1.80 bits per heavy atom. The quantitative estimate of drug-likeness (QED) is 0.710. The van der Waals surface area contributed by atoms with Gasteiger partial charge in [-0.2, -0.15) is 0 Å². The number of alkyl halides is 1. The summed E-state index contributed by atoms with van der Waals surface area (Å²) in [6, 6.07) is 11.8. The summed E-state index contributed by atoms with van der Waals surface area (Å²) in [5.41, 5.74) is 3.12. The van der Waals surface area contributed by atoms with E-state index in [0.29, 0.717) is 0 Å². The first-order valence-electron chi connectivity index (χ1n) is 6.19. The van der Waals surface area contributed by atoms with E-state index in [1.165, 1.54) is 5.56 Å². The van der Waals surface area contributed by atoms with E-state index in [0.717, 1.165) is 27.1 Å². The summed E-state index contributed by atoms with van der Waals surface area (Å²) in [5.74, 6) is 1.47. The molecule has 0 aromatic heterocycles. The average molecular weight is 356 g/mol. The highest BCUT2D eigenvalue weighted by molar-refractivity contribution is 9.10. The topological polar surface area (TPSA) is 18.5 Å². The van der Waals surface area contributed by atoms with Crippen LogP contribution in [0.15, 0.2) is 40.9 Å². The minimum absolute atomic E-state index is 0.271. The third kappa shape index (κ3) is 3.10. The fourth-order valence-corrected chi connectivity index (χ4v) is 2.69. The number of benzene rings is 2. The fourth-order valence-electron chi connectivity index (χ4n) is 1.97. The lowest BCUT2D eigenvalue weighted by molar-refractivity contribution is 0.391. The summed E-state index contributed by atoms with van der Waals surface area (Å²) in [6.45, 7) is 2.05. The van der Waals surface area contributed by atoms with Gasteiger partial charge in [0.1, 0.15) is 11.5 Å². The van der Waals surface area contributed by atoms with Crippen LogP contribution in [0.4, 0.5) is 0 Å². The van der Waals surface area contributed by atoms with Gasteiger partial charge in [-0.3, -0.25) is 0 Å². The molecule has 0 bridgehead atoms. The molecule has 0 saturated carbocycles. The molecule has 2 rings (SSSR count). The summed E-state index contributed by atoms with van der Waals surface area (Å²) in [4.78, 5) is 0. The van der Waals surface area contributed by atoms with Crippen molar-refractivity contribution in [2.24, 2.45) is 0 Å². The summed E-state index contributed by atoms with van der Waals surface area (Å²) in [5, 5.41) is -0.271. The summed E-state index contributed by atoms with van der Waals surface area (Å²) in [7, 11) is 3.26. The van der Waals surface area contributed by atoms with Crippen LogP contribution < -0.4 is 9.47 Å². The van der Waals surface area contributed by atoms with Crippen molar-refractivity contribution in [3.05, 3.63) is 57.6 Å². The Kier molecular flexibility index (Phi) is 4.95. The molecule has 0 N–H and O–H groups in total. The largest absolute Gasteiger partial charge is 0.497 e. The number of hydrogen-bond acceptors (Lipinski definition) is 2. The molecule has 0 aliphatic carbocycles. The lowest BCUT2D eigenvalue weighted by Gasteiger charge is -2.16. The van der Waals surface area contributed by atoms with Gasteiger partial charge in [0.25, 0.3) is 0 Å². The van der Waals surface area contributed by atoms with Gasteiger partial charge < -0.3 is 9.47 Å². The van der Waals surface area contributed by atoms with Crippen molar-refractivity contribution in [1.82, 2.24) is 0 Å². The Hall–Kier alpha value is -1.19. The molecule has 20 heavy (non-hydrogen) atoms. The van der Waals surface area contributed by atoms with Gasteiger partial charge in [-0.1, -0.05) is 28.1 Å². The van der Waals surface area contributed by atoms with Crippen LogP contribution in [-0.4, -0.2) is 14.2 Å². The summed E-state index contributed by atoms with van der Waals surface area (Å²) < 4.78 is 11.7. The standard InChI is InChI=1S/C16H16BrClO2/c1-10-4-5-11(8-14(10)17)16(18)13-7-6-12(19-2)9-15(13)20-3/h4-9,16H,1-3H3. The van der Waals surface area contributed by atoms with Gasteiger partial charge in [0.2, 0.25) is 0 Å². The number of hydrogen-bond donors (Lipinski definition) is 0. The van der Waals surface area contributed by atoms with Crippen LogP contribution in [0.2, 0.25) is 0 Å². The molecule has 1 unspecified atom stereocenters. The average Bonchev–Trinajstić information content (AvgIpc) is 2.48. The van der Waals surface area contributed by atoms with E-state index in [4.69, 9.17) is 21.1 Å². The maximum atomic E-state index is 6.59. The monoisotopic (exact) mass is 354 g/mol. The first-order valence-corrected chi connectivity index (χ1v) is 7.41. The lowest BCUT2D eigenvalue weighted by atomic mass is 10.0. The highest BCUT2D eigenvalue weighted by Crippen LogP contribution is 2.38. The zero-order valence-corrected chi connectivity index (χ0v) is 14.0. The van der Waals surface area contributed by atoms with Crippen LogP contribution >= 0.6 is 27.5 Å². The van der Waals surface area contributed by atoms with E-state index >= 15 is 0 Å². The van der Waals surface area contributed by atoms with Crippen molar-refractivity contribution in [2.75, 3.05) is 14.2 Å². The minimum Gasteiger partial charge on any atom is -0.497 e. The highest BCUT2D eigenvalue weighted by atomic mass is 79.9. The lowest BCUT2D eigenvalue weighted by Crippen LogP contribution is -1.98. The van der Waals surface area contributed by atoms with Crippen molar-refractivity contribution in [1.29, 1.82) is 0 Å². The van der Waals surface area contributed by atoms with Crippen LogP contribution in [0.25, 0.3) is 0 Å². The molecule has 0 heterocycles. The van der Waals surface area contributed by atoms with Crippen LogP contribution in [-0.2, 0) is 0 Å². The zero-order valence-electron chi connectivity index (χ0n) is 11.6. The van der Waals surface area contributed by atoms with E-state index in [9.17, 15) is 0 Å². The van der Waals surface area contributed by atoms with Crippen molar-refractivity contribution < 1.29 is 9.47 Å². The van der Waals surface area contributed by atoms with E-state index in [-0.39, 0.29) is 5.38 Å². The molecule has 0 aliphatic heterocycles. The van der Waals surface area contributed by atoms with Gasteiger partial charge >= 0.3 is 0 Å². The molecule has 0 radical (unpaired) electrons. The number of halogens is 2. The number of methoxy groups -OCH3 is 2. The second kappa shape index (κ2) is 6.51. The molecule has 106 valence electrons. The Morgan fingerprint density at radius 1 is 1.05 bits per heavy atom. The molecule has 2 aromatic rings. The minimum atomic E-state index is -0.271. The fraction of sp³-hybridized carbons (Fsp3) is 0.250. The Balaban J connectivity index is 2.41. The van der Waals surface area contributed by atoms with Crippen molar-refractivity contribution >= 4 is 27.5 Å². The Labute approximate surface area is 132 Å².